The van der Waals surface area contributed by atoms with Crippen LogP contribution in [0.1, 0.15) is 46.0 Å². The summed E-state index contributed by atoms with van der Waals surface area (Å²) in [7, 11) is 1.17. The highest BCUT2D eigenvalue weighted by Gasteiger charge is 2.33. The van der Waals surface area contributed by atoms with E-state index < -0.39 is 0 Å². The molecule has 0 amide bonds. The van der Waals surface area contributed by atoms with Crippen LogP contribution in [0.15, 0.2) is 0 Å². The van der Waals surface area contributed by atoms with Gasteiger partial charge < -0.3 is 4.74 Å². The Labute approximate surface area is 85.7 Å². The lowest BCUT2D eigenvalue weighted by Crippen LogP contribution is -2.40. The van der Waals surface area contributed by atoms with Crippen molar-refractivity contribution < 1.29 is 4.74 Å². The Morgan fingerprint density at radius 3 is 2.62 bits per heavy atom. The Kier molecular flexibility index (Phi) is 3.58. The topological polar surface area (TPSA) is 9.23 Å². The van der Waals surface area contributed by atoms with E-state index in [4.69, 9.17) is 4.74 Å². The Bertz CT molecular complexity index is 159. The van der Waals surface area contributed by atoms with Gasteiger partial charge in [-0.25, -0.2) is 0 Å². The van der Waals surface area contributed by atoms with Crippen LogP contribution in [0.2, 0.25) is 0 Å². The summed E-state index contributed by atoms with van der Waals surface area (Å²) in [6.45, 7) is 9.60. The van der Waals surface area contributed by atoms with Gasteiger partial charge in [-0.3, -0.25) is 0 Å². The molecule has 0 aromatic carbocycles. The zero-order valence-electron chi connectivity index (χ0n) is 9.36. The van der Waals surface area contributed by atoms with E-state index in [1.54, 1.807) is 0 Å². The minimum atomic E-state index is 0.263. The Morgan fingerprint density at radius 1 is 1.46 bits per heavy atom. The molecule has 1 saturated heterocycles. The highest BCUT2D eigenvalue weighted by atomic mass is 28.1. The molecule has 77 valence electrons. The van der Waals surface area contributed by atoms with Crippen LogP contribution >= 0.6 is 0 Å². The second-order valence-corrected chi connectivity index (χ2v) is 7.17. The largest absolute Gasteiger partial charge is 0.380 e. The van der Waals surface area contributed by atoms with Gasteiger partial charge in [0.1, 0.15) is 0 Å². The molecule has 0 saturated carbocycles. The number of hydrogen-bond donors (Lipinski definition) is 0. The van der Waals surface area contributed by atoms with Crippen molar-refractivity contribution >= 4 is 10.2 Å². The Hall–Kier alpha value is 0.177. The third-order valence-electron chi connectivity index (χ3n) is 3.08. The maximum absolute atomic E-state index is 5.94. The SMILES string of the molecule is [CH2]CC(C)(C)CC1([SiH3])CCCCO1. The van der Waals surface area contributed by atoms with Crippen molar-refractivity contribution in [3.05, 3.63) is 6.92 Å². The fraction of sp³-hybridized carbons (Fsp3) is 0.909. The van der Waals surface area contributed by atoms with E-state index in [2.05, 4.69) is 20.8 Å². The summed E-state index contributed by atoms with van der Waals surface area (Å²) in [5, 5.41) is 0.263. The quantitative estimate of drug-likeness (QED) is 0.631. The van der Waals surface area contributed by atoms with Crippen LogP contribution in [0, 0.1) is 12.3 Å². The third-order valence-corrected chi connectivity index (χ3v) is 4.22. The molecule has 0 aromatic heterocycles. The molecule has 1 nitrogen and oxygen atoms in total. The third kappa shape index (κ3) is 3.43. The van der Waals surface area contributed by atoms with Gasteiger partial charge in [0.25, 0.3) is 0 Å². The van der Waals surface area contributed by atoms with Gasteiger partial charge in [-0.1, -0.05) is 20.8 Å². The minimum Gasteiger partial charge on any atom is -0.380 e. The number of ether oxygens (including phenoxy) is 1. The molecule has 1 aliphatic rings. The van der Waals surface area contributed by atoms with Crippen molar-refractivity contribution in [2.75, 3.05) is 6.61 Å². The maximum atomic E-state index is 5.94. The molecule has 0 aromatic rings. The van der Waals surface area contributed by atoms with E-state index >= 15 is 0 Å². The molecule has 13 heavy (non-hydrogen) atoms. The summed E-state index contributed by atoms with van der Waals surface area (Å²) in [6, 6.07) is 0. The molecule has 1 heterocycles. The predicted octanol–water partition coefficient (Wildman–Crippen LogP) is 1.89. The molecule has 1 aliphatic heterocycles. The summed E-state index contributed by atoms with van der Waals surface area (Å²) >= 11 is 0. The highest BCUT2D eigenvalue weighted by molar-refractivity contribution is 6.14. The average molecular weight is 199 g/mol. The van der Waals surface area contributed by atoms with Gasteiger partial charge >= 0.3 is 0 Å². The van der Waals surface area contributed by atoms with Crippen LogP contribution in [0.4, 0.5) is 0 Å². The van der Waals surface area contributed by atoms with E-state index in [9.17, 15) is 0 Å². The van der Waals surface area contributed by atoms with Crippen LogP contribution in [0.25, 0.3) is 0 Å². The molecule has 1 fully saturated rings. The smallest absolute Gasteiger partial charge is 0.0491 e. The normalized spacial score (nSPS) is 30.7. The van der Waals surface area contributed by atoms with Crippen molar-refractivity contribution in [1.29, 1.82) is 0 Å². The van der Waals surface area contributed by atoms with Gasteiger partial charge in [-0.15, -0.1) is 0 Å². The molecule has 0 bridgehead atoms. The lowest BCUT2D eigenvalue weighted by Gasteiger charge is -2.40. The van der Waals surface area contributed by atoms with Crippen molar-refractivity contribution in [1.82, 2.24) is 0 Å². The van der Waals surface area contributed by atoms with Crippen molar-refractivity contribution in [3.63, 3.8) is 0 Å². The molecular formula is C11H23OSi. The van der Waals surface area contributed by atoms with Crippen LogP contribution in [-0.4, -0.2) is 22.1 Å². The first-order valence-electron chi connectivity index (χ1n) is 5.41. The number of rotatable bonds is 3. The molecular weight excluding hydrogens is 176 g/mol. The van der Waals surface area contributed by atoms with Gasteiger partial charge in [0.2, 0.25) is 0 Å². The van der Waals surface area contributed by atoms with Gasteiger partial charge in [0.05, 0.1) is 0 Å². The van der Waals surface area contributed by atoms with Crippen molar-refractivity contribution in [3.8, 4) is 0 Å². The molecule has 0 spiro atoms. The van der Waals surface area contributed by atoms with Gasteiger partial charge in [0.15, 0.2) is 0 Å². The molecule has 1 unspecified atom stereocenters. The second kappa shape index (κ2) is 4.14. The fourth-order valence-corrected chi connectivity index (χ4v) is 3.75. The van der Waals surface area contributed by atoms with Crippen LogP contribution in [-0.2, 0) is 4.74 Å². The zero-order chi connectivity index (χ0) is 9.95. The van der Waals surface area contributed by atoms with E-state index in [0.717, 1.165) is 13.0 Å². The summed E-state index contributed by atoms with van der Waals surface area (Å²) in [6.07, 6.45) is 6.12. The standard InChI is InChI=1S/C11H23OSi/c1-4-10(2,3)9-11(13)7-5-6-8-12-11/h1,4-9H2,2-3,13H3. The van der Waals surface area contributed by atoms with Crippen LogP contribution in [0.5, 0.6) is 0 Å². The first-order valence-corrected chi connectivity index (χ1v) is 6.41. The second-order valence-electron chi connectivity index (χ2n) is 5.35. The highest BCUT2D eigenvalue weighted by Crippen LogP contribution is 2.36. The fourth-order valence-electron chi connectivity index (χ4n) is 2.23. The molecule has 0 aliphatic carbocycles. The van der Waals surface area contributed by atoms with E-state index in [1.807, 2.05) is 0 Å². The molecule has 1 rings (SSSR count). The molecule has 1 radical (unpaired) electrons. The monoisotopic (exact) mass is 199 g/mol. The van der Waals surface area contributed by atoms with Gasteiger partial charge in [0, 0.05) is 22.1 Å². The summed E-state index contributed by atoms with van der Waals surface area (Å²) in [5.74, 6) is 0. The van der Waals surface area contributed by atoms with Crippen molar-refractivity contribution in [2.24, 2.45) is 5.41 Å². The lowest BCUT2D eigenvalue weighted by atomic mass is 9.82. The predicted molar refractivity (Wildman–Crippen MR) is 60.8 cm³/mol. The minimum absolute atomic E-state index is 0.263. The number of hydrogen-bond acceptors (Lipinski definition) is 1. The van der Waals surface area contributed by atoms with Gasteiger partial charge in [-0.05, 0) is 37.5 Å². The zero-order valence-corrected chi connectivity index (χ0v) is 11.4. The van der Waals surface area contributed by atoms with Gasteiger partial charge in [-0.2, -0.15) is 0 Å². The summed E-state index contributed by atoms with van der Waals surface area (Å²) in [4.78, 5) is 0. The molecule has 2 heteroatoms. The Morgan fingerprint density at radius 2 is 2.15 bits per heavy atom. The van der Waals surface area contributed by atoms with Crippen LogP contribution in [0.3, 0.4) is 0 Å². The van der Waals surface area contributed by atoms with Crippen molar-refractivity contribution in [2.45, 2.75) is 51.2 Å². The summed E-state index contributed by atoms with van der Waals surface area (Å²) in [5.41, 5.74) is 0.360. The molecule has 1 atom stereocenters. The first-order chi connectivity index (χ1) is 5.97. The van der Waals surface area contributed by atoms with E-state index in [0.29, 0.717) is 5.41 Å². The lowest BCUT2D eigenvalue weighted by molar-refractivity contribution is -0.0424. The Balaban J connectivity index is 2.49. The summed E-state index contributed by atoms with van der Waals surface area (Å²) < 4.78 is 5.94. The molecule has 0 N–H and O–H groups in total. The first kappa shape index (κ1) is 11.3. The van der Waals surface area contributed by atoms with Crippen LogP contribution < -0.4 is 0 Å². The maximum Gasteiger partial charge on any atom is 0.0491 e. The van der Waals surface area contributed by atoms with E-state index in [-0.39, 0.29) is 5.22 Å². The average Bonchev–Trinajstić information content (AvgIpc) is 2.04. The van der Waals surface area contributed by atoms with E-state index in [1.165, 1.54) is 35.9 Å².